The van der Waals surface area contributed by atoms with Gasteiger partial charge in [0.05, 0.1) is 5.69 Å². The third kappa shape index (κ3) is 3.49. The van der Waals surface area contributed by atoms with Gasteiger partial charge in [0.2, 0.25) is 0 Å². The number of anilines is 3. The van der Waals surface area contributed by atoms with Gasteiger partial charge in [-0.25, -0.2) is 0 Å². The topological polar surface area (TPSA) is 3.24 Å². The molecule has 0 fully saturated rings. The first kappa shape index (κ1) is 18.3. The zero-order chi connectivity index (χ0) is 20.3. The Kier molecular flexibility index (Phi) is 4.82. The highest BCUT2D eigenvalue weighted by Gasteiger charge is 2.14. The molecular formula is C28H22BN. The van der Waals surface area contributed by atoms with Crippen LogP contribution in [0.15, 0.2) is 121 Å². The van der Waals surface area contributed by atoms with E-state index in [9.17, 15) is 0 Å². The first-order valence-corrected chi connectivity index (χ1v) is 10.3. The molecule has 5 aromatic carbocycles. The predicted molar refractivity (Wildman–Crippen MR) is 132 cm³/mol. The van der Waals surface area contributed by atoms with Gasteiger partial charge in [0.15, 0.2) is 0 Å². The Labute approximate surface area is 178 Å². The van der Waals surface area contributed by atoms with E-state index in [1.165, 1.54) is 33.0 Å². The fraction of sp³-hybridized carbons (Fsp3) is 0. The van der Waals surface area contributed by atoms with Crippen molar-refractivity contribution in [3.63, 3.8) is 0 Å². The zero-order valence-electron chi connectivity index (χ0n) is 17.0. The molecule has 0 amide bonds. The molecule has 5 aromatic rings. The quantitative estimate of drug-likeness (QED) is 0.332. The summed E-state index contributed by atoms with van der Waals surface area (Å²) in [6.45, 7) is 0. The Hall–Kier alpha value is -3.78. The largest absolute Gasteiger partial charge is 0.310 e. The van der Waals surface area contributed by atoms with Crippen LogP contribution < -0.4 is 10.4 Å². The molecule has 1 nitrogen and oxygen atoms in total. The highest BCUT2D eigenvalue weighted by molar-refractivity contribution is 6.32. The SMILES string of the molecule is Bc1ccc(-c2ccc(N(c3ccccc3)c3cccc4ccccc34)cc2)cc1. The van der Waals surface area contributed by atoms with Crippen molar-refractivity contribution < 1.29 is 0 Å². The third-order valence-electron chi connectivity index (χ3n) is 5.53. The molecule has 0 atom stereocenters. The van der Waals surface area contributed by atoms with Crippen LogP contribution in [0, 0.1) is 0 Å². The number of benzene rings is 5. The van der Waals surface area contributed by atoms with E-state index >= 15 is 0 Å². The molecule has 2 heteroatoms. The minimum absolute atomic E-state index is 1.15. The van der Waals surface area contributed by atoms with E-state index in [0.717, 1.165) is 11.4 Å². The first-order chi connectivity index (χ1) is 14.8. The number of nitrogens with zero attached hydrogens (tertiary/aromatic N) is 1. The van der Waals surface area contributed by atoms with Gasteiger partial charge in [0.1, 0.15) is 7.85 Å². The molecule has 0 unspecified atom stereocenters. The van der Waals surface area contributed by atoms with Crippen LogP contribution in [0.4, 0.5) is 17.1 Å². The second-order valence-corrected chi connectivity index (χ2v) is 7.58. The molecule has 0 aliphatic carbocycles. The van der Waals surface area contributed by atoms with E-state index in [-0.39, 0.29) is 0 Å². The van der Waals surface area contributed by atoms with Crippen molar-refractivity contribution in [3.05, 3.63) is 121 Å². The van der Waals surface area contributed by atoms with Gasteiger partial charge in [0, 0.05) is 16.8 Å². The normalized spacial score (nSPS) is 10.8. The minimum Gasteiger partial charge on any atom is -0.310 e. The molecule has 0 N–H and O–H groups in total. The summed E-state index contributed by atoms with van der Waals surface area (Å²) in [7, 11) is 2.12. The van der Waals surface area contributed by atoms with Crippen molar-refractivity contribution in [2.24, 2.45) is 0 Å². The van der Waals surface area contributed by atoms with Crippen LogP contribution in [0.5, 0.6) is 0 Å². The van der Waals surface area contributed by atoms with Gasteiger partial charge < -0.3 is 4.90 Å². The van der Waals surface area contributed by atoms with Crippen molar-refractivity contribution in [3.8, 4) is 11.1 Å². The molecule has 5 rings (SSSR count). The molecule has 0 aliphatic heterocycles. The number of hydrogen-bond acceptors (Lipinski definition) is 1. The van der Waals surface area contributed by atoms with Crippen molar-refractivity contribution in [1.29, 1.82) is 0 Å². The minimum atomic E-state index is 1.15. The van der Waals surface area contributed by atoms with E-state index in [1.54, 1.807) is 0 Å². The fourth-order valence-electron chi connectivity index (χ4n) is 3.96. The molecule has 142 valence electrons. The molecule has 0 saturated carbocycles. The Morgan fingerprint density at radius 3 is 1.77 bits per heavy atom. The smallest absolute Gasteiger partial charge is 0.139 e. The molecule has 30 heavy (non-hydrogen) atoms. The summed E-state index contributed by atoms with van der Waals surface area (Å²) in [5.74, 6) is 0. The number of para-hydroxylation sites is 1. The fourth-order valence-corrected chi connectivity index (χ4v) is 3.96. The molecule has 0 saturated heterocycles. The van der Waals surface area contributed by atoms with Gasteiger partial charge in [-0.2, -0.15) is 0 Å². The van der Waals surface area contributed by atoms with Crippen molar-refractivity contribution in [2.45, 2.75) is 0 Å². The van der Waals surface area contributed by atoms with E-state index in [4.69, 9.17) is 0 Å². The lowest BCUT2D eigenvalue weighted by atomic mass is 9.93. The summed E-state index contributed by atoms with van der Waals surface area (Å²) in [4.78, 5) is 2.33. The molecule has 0 radical (unpaired) electrons. The number of rotatable bonds is 4. The van der Waals surface area contributed by atoms with E-state index < -0.39 is 0 Å². The zero-order valence-corrected chi connectivity index (χ0v) is 17.0. The summed E-state index contributed by atoms with van der Waals surface area (Å²) >= 11 is 0. The number of fused-ring (bicyclic) bond motifs is 1. The predicted octanol–water partition coefficient (Wildman–Crippen LogP) is 6.24. The maximum absolute atomic E-state index is 2.33. The first-order valence-electron chi connectivity index (χ1n) is 10.3. The van der Waals surface area contributed by atoms with Crippen LogP contribution in [-0.2, 0) is 0 Å². The Morgan fingerprint density at radius 1 is 0.467 bits per heavy atom. The van der Waals surface area contributed by atoms with Gasteiger partial charge in [-0.05, 0) is 46.8 Å². The highest BCUT2D eigenvalue weighted by Crippen LogP contribution is 2.39. The van der Waals surface area contributed by atoms with E-state index in [0.29, 0.717) is 0 Å². The molecule has 0 bridgehead atoms. The maximum Gasteiger partial charge on any atom is 0.139 e. The van der Waals surface area contributed by atoms with E-state index in [2.05, 4.69) is 134 Å². The third-order valence-corrected chi connectivity index (χ3v) is 5.53. The summed E-state index contributed by atoms with van der Waals surface area (Å²) in [5, 5.41) is 2.48. The van der Waals surface area contributed by atoms with Crippen LogP contribution in [0.2, 0.25) is 0 Å². The van der Waals surface area contributed by atoms with Crippen molar-refractivity contribution >= 4 is 41.1 Å². The lowest BCUT2D eigenvalue weighted by Gasteiger charge is -2.27. The van der Waals surface area contributed by atoms with E-state index in [1.807, 2.05) is 0 Å². The van der Waals surface area contributed by atoms with Crippen LogP contribution in [0.1, 0.15) is 0 Å². The van der Waals surface area contributed by atoms with Crippen LogP contribution in [0.3, 0.4) is 0 Å². The lowest BCUT2D eigenvalue weighted by molar-refractivity contribution is 1.30. The lowest BCUT2D eigenvalue weighted by Crippen LogP contribution is -2.10. The standard InChI is InChI=1S/C28H22BN/c29-24-17-13-21(14-18-24)22-15-19-26(20-16-22)30(25-9-2-1-3-10-25)28-12-6-8-23-7-4-5-11-27(23)28/h1-20H,29H2. The van der Waals surface area contributed by atoms with Crippen LogP contribution >= 0.6 is 0 Å². The summed E-state index contributed by atoms with van der Waals surface area (Å²) in [6.07, 6.45) is 0. The van der Waals surface area contributed by atoms with Crippen LogP contribution in [-0.4, -0.2) is 7.85 Å². The average molecular weight is 383 g/mol. The molecule has 0 aliphatic rings. The van der Waals surface area contributed by atoms with Gasteiger partial charge in [-0.15, -0.1) is 0 Å². The highest BCUT2D eigenvalue weighted by atomic mass is 15.1. The molecule has 0 spiro atoms. The summed E-state index contributed by atoms with van der Waals surface area (Å²) in [5.41, 5.74) is 7.22. The van der Waals surface area contributed by atoms with Crippen molar-refractivity contribution in [1.82, 2.24) is 0 Å². The molecule has 0 heterocycles. The van der Waals surface area contributed by atoms with Gasteiger partial charge in [-0.1, -0.05) is 96.5 Å². The molecule has 0 aromatic heterocycles. The Morgan fingerprint density at radius 2 is 1.03 bits per heavy atom. The Bertz CT molecular complexity index is 1270. The van der Waals surface area contributed by atoms with Gasteiger partial charge in [-0.3, -0.25) is 0 Å². The number of hydrogen-bond donors (Lipinski definition) is 0. The summed E-state index contributed by atoms with van der Waals surface area (Å²) in [6, 6.07) is 43.2. The van der Waals surface area contributed by atoms with Crippen molar-refractivity contribution in [2.75, 3.05) is 4.90 Å². The monoisotopic (exact) mass is 383 g/mol. The van der Waals surface area contributed by atoms with Crippen LogP contribution in [0.25, 0.3) is 21.9 Å². The maximum atomic E-state index is 2.33. The second kappa shape index (κ2) is 7.92. The Balaban J connectivity index is 1.63. The van der Waals surface area contributed by atoms with Gasteiger partial charge in [0.25, 0.3) is 0 Å². The second-order valence-electron chi connectivity index (χ2n) is 7.58. The average Bonchev–Trinajstić information content (AvgIpc) is 2.81. The summed E-state index contributed by atoms with van der Waals surface area (Å²) < 4.78 is 0. The van der Waals surface area contributed by atoms with Gasteiger partial charge >= 0.3 is 0 Å². The molecular weight excluding hydrogens is 361 g/mol.